The van der Waals surface area contributed by atoms with Crippen LogP contribution in [0.25, 0.3) is 5.69 Å². The van der Waals surface area contributed by atoms with Crippen LogP contribution in [-0.2, 0) is 27.5 Å². The molecule has 3 aromatic rings. The SMILES string of the molecule is CN=S(C)(=O)c1ccc(C#Cc2nn(-c3ccc(F)cc3)c3c2CO[C@@H](C)C3)cc1. The van der Waals surface area contributed by atoms with Crippen molar-refractivity contribution in [3.63, 3.8) is 0 Å². The molecule has 2 aromatic carbocycles. The van der Waals surface area contributed by atoms with Crippen LogP contribution in [0.4, 0.5) is 4.39 Å². The molecule has 0 saturated carbocycles. The zero-order chi connectivity index (χ0) is 21.3. The summed E-state index contributed by atoms with van der Waals surface area (Å²) in [7, 11) is -0.807. The molecule has 1 aromatic heterocycles. The van der Waals surface area contributed by atoms with Gasteiger partial charge in [-0.3, -0.25) is 0 Å². The molecule has 0 saturated heterocycles. The summed E-state index contributed by atoms with van der Waals surface area (Å²) >= 11 is 0. The fourth-order valence-corrected chi connectivity index (χ4v) is 4.18. The number of fused-ring (bicyclic) bond motifs is 1. The normalized spacial score (nSPS) is 17.4. The van der Waals surface area contributed by atoms with E-state index in [0.717, 1.165) is 22.5 Å². The maximum atomic E-state index is 13.3. The van der Waals surface area contributed by atoms with E-state index in [0.29, 0.717) is 23.6 Å². The lowest BCUT2D eigenvalue weighted by Crippen LogP contribution is -2.21. The summed E-state index contributed by atoms with van der Waals surface area (Å²) in [5.74, 6) is 5.99. The summed E-state index contributed by atoms with van der Waals surface area (Å²) in [6.07, 6.45) is 2.40. The Hall–Kier alpha value is -2.95. The smallest absolute Gasteiger partial charge is 0.141 e. The topological polar surface area (TPSA) is 56.5 Å². The molecule has 0 bridgehead atoms. The molecule has 0 aliphatic carbocycles. The van der Waals surface area contributed by atoms with Crippen LogP contribution in [0.15, 0.2) is 57.8 Å². The van der Waals surface area contributed by atoms with Gasteiger partial charge in [0.2, 0.25) is 0 Å². The first kappa shape index (κ1) is 20.3. The molecule has 2 heterocycles. The van der Waals surface area contributed by atoms with Crippen LogP contribution >= 0.6 is 0 Å². The number of hydrogen-bond acceptors (Lipinski definition) is 4. The monoisotopic (exact) mass is 423 g/mol. The average molecular weight is 424 g/mol. The molecular formula is C23H22FN3O2S. The van der Waals surface area contributed by atoms with Crippen LogP contribution in [0.5, 0.6) is 0 Å². The fraction of sp³-hybridized carbons (Fsp3) is 0.261. The molecule has 0 radical (unpaired) electrons. The van der Waals surface area contributed by atoms with Crippen LogP contribution < -0.4 is 0 Å². The van der Waals surface area contributed by atoms with E-state index in [1.807, 2.05) is 23.7 Å². The van der Waals surface area contributed by atoms with Gasteiger partial charge in [0.05, 0.1) is 33.8 Å². The second-order valence-electron chi connectivity index (χ2n) is 7.25. The van der Waals surface area contributed by atoms with Crippen molar-refractivity contribution < 1.29 is 13.3 Å². The Morgan fingerprint density at radius 3 is 2.53 bits per heavy atom. The first-order valence-electron chi connectivity index (χ1n) is 9.58. The van der Waals surface area contributed by atoms with Gasteiger partial charge in [0.1, 0.15) is 11.5 Å². The lowest BCUT2D eigenvalue weighted by Gasteiger charge is -2.20. The van der Waals surface area contributed by atoms with Crippen molar-refractivity contribution in [1.29, 1.82) is 0 Å². The molecule has 5 nitrogen and oxygen atoms in total. The molecule has 0 N–H and O–H groups in total. The number of rotatable bonds is 2. The minimum Gasteiger partial charge on any atom is -0.373 e. The number of nitrogens with zero attached hydrogens (tertiary/aromatic N) is 3. The lowest BCUT2D eigenvalue weighted by molar-refractivity contribution is 0.0397. The molecule has 1 aliphatic heterocycles. The van der Waals surface area contributed by atoms with Crippen LogP contribution in [0, 0.1) is 17.7 Å². The minimum absolute atomic E-state index is 0.0784. The van der Waals surface area contributed by atoms with Gasteiger partial charge < -0.3 is 4.74 Å². The third-order valence-electron chi connectivity index (χ3n) is 5.12. The highest BCUT2D eigenvalue weighted by Crippen LogP contribution is 2.26. The third-order valence-corrected chi connectivity index (χ3v) is 6.96. The summed E-state index contributed by atoms with van der Waals surface area (Å²) in [5, 5.41) is 4.69. The molecule has 154 valence electrons. The first-order chi connectivity index (χ1) is 14.4. The molecule has 0 amide bonds. The van der Waals surface area contributed by atoms with E-state index in [9.17, 15) is 8.60 Å². The van der Waals surface area contributed by atoms with Crippen LogP contribution in [0.3, 0.4) is 0 Å². The van der Waals surface area contributed by atoms with Gasteiger partial charge in [-0.15, -0.1) is 0 Å². The van der Waals surface area contributed by atoms with Crippen molar-refractivity contribution in [2.24, 2.45) is 4.36 Å². The highest BCUT2D eigenvalue weighted by atomic mass is 32.2. The van der Waals surface area contributed by atoms with E-state index < -0.39 is 9.73 Å². The second-order valence-corrected chi connectivity index (χ2v) is 9.69. The van der Waals surface area contributed by atoms with Crippen molar-refractivity contribution in [2.75, 3.05) is 13.3 Å². The number of benzene rings is 2. The fourth-order valence-electron chi connectivity index (χ4n) is 3.33. The molecule has 0 fully saturated rings. The first-order valence-corrected chi connectivity index (χ1v) is 11.5. The molecule has 0 spiro atoms. The summed E-state index contributed by atoms with van der Waals surface area (Å²) in [5.41, 5.74) is 4.23. The number of hydrogen-bond donors (Lipinski definition) is 0. The van der Waals surface area contributed by atoms with Crippen LogP contribution in [-0.4, -0.2) is 33.4 Å². The van der Waals surface area contributed by atoms with Crippen LogP contribution in [0.2, 0.25) is 0 Å². The van der Waals surface area contributed by atoms with Gasteiger partial charge in [-0.05, 0) is 61.4 Å². The van der Waals surface area contributed by atoms with E-state index in [-0.39, 0.29) is 11.9 Å². The lowest BCUT2D eigenvalue weighted by atomic mass is 10.1. The van der Waals surface area contributed by atoms with Gasteiger partial charge >= 0.3 is 0 Å². The Bertz CT molecular complexity index is 1260. The van der Waals surface area contributed by atoms with E-state index >= 15 is 0 Å². The molecule has 1 aliphatic rings. The van der Waals surface area contributed by atoms with Crippen molar-refractivity contribution in [1.82, 2.24) is 9.78 Å². The van der Waals surface area contributed by atoms with E-state index in [1.54, 1.807) is 37.6 Å². The molecule has 30 heavy (non-hydrogen) atoms. The van der Waals surface area contributed by atoms with Gasteiger partial charge in [0.15, 0.2) is 0 Å². The van der Waals surface area contributed by atoms with Crippen molar-refractivity contribution in [3.05, 3.63) is 76.9 Å². The quantitative estimate of drug-likeness (QED) is 0.587. The average Bonchev–Trinajstić information content (AvgIpc) is 3.10. The van der Waals surface area contributed by atoms with Crippen molar-refractivity contribution in [3.8, 4) is 17.5 Å². The Kier molecular flexibility index (Phi) is 5.46. The second kappa shape index (κ2) is 8.05. The Morgan fingerprint density at radius 2 is 1.87 bits per heavy atom. The standard InChI is InChI=1S/C23H22FN3O2S/c1-16-14-23-21(15-29-16)22(26-27(23)19-9-7-18(24)8-10-19)13-6-17-4-11-20(12-5-17)30(3,28)25-2/h4-5,7-12,16H,14-15H2,1-3H3/t16-,30?/m0/s1. The van der Waals surface area contributed by atoms with Gasteiger partial charge in [-0.2, -0.15) is 5.10 Å². The highest BCUT2D eigenvalue weighted by molar-refractivity contribution is 7.93. The molecule has 4 rings (SSSR count). The highest BCUT2D eigenvalue weighted by Gasteiger charge is 2.24. The van der Waals surface area contributed by atoms with Crippen molar-refractivity contribution in [2.45, 2.75) is 31.0 Å². The van der Waals surface area contributed by atoms with Gasteiger partial charge in [0.25, 0.3) is 0 Å². The van der Waals surface area contributed by atoms with Gasteiger partial charge in [0, 0.05) is 35.7 Å². The third kappa shape index (κ3) is 4.02. The number of halogens is 1. The van der Waals surface area contributed by atoms with E-state index in [2.05, 4.69) is 16.2 Å². The van der Waals surface area contributed by atoms with Crippen molar-refractivity contribution >= 4 is 9.73 Å². The van der Waals surface area contributed by atoms with Gasteiger partial charge in [-0.25, -0.2) is 17.6 Å². The Labute approximate surface area is 176 Å². The van der Waals surface area contributed by atoms with Crippen LogP contribution in [0.1, 0.15) is 29.4 Å². The molecule has 2 atom stereocenters. The van der Waals surface area contributed by atoms with E-state index in [1.165, 1.54) is 12.1 Å². The van der Waals surface area contributed by atoms with Gasteiger partial charge in [-0.1, -0.05) is 5.92 Å². The predicted molar refractivity (Wildman–Crippen MR) is 115 cm³/mol. The summed E-state index contributed by atoms with van der Waals surface area (Å²) in [4.78, 5) is 0.677. The summed E-state index contributed by atoms with van der Waals surface area (Å²) < 4.78 is 37.3. The largest absolute Gasteiger partial charge is 0.373 e. The maximum Gasteiger partial charge on any atom is 0.141 e. The minimum atomic E-state index is -2.36. The van der Waals surface area contributed by atoms with E-state index in [4.69, 9.17) is 9.84 Å². The maximum absolute atomic E-state index is 13.3. The number of aromatic nitrogens is 2. The molecule has 7 heteroatoms. The predicted octanol–water partition coefficient (Wildman–Crippen LogP) is 3.96. The Balaban J connectivity index is 1.72. The molecule has 1 unspecified atom stereocenters. The summed E-state index contributed by atoms with van der Waals surface area (Å²) in [6.45, 7) is 2.46. The zero-order valence-electron chi connectivity index (χ0n) is 17.1. The number of ether oxygens (including phenoxy) is 1. The Morgan fingerprint density at radius 1 is 1.17 bits per heavy atom. The summed E-state index contributed by atoms with van der Waals surface area (Å²) in [6, 6.07) is 13.5. The molecular weight excluding hydrogens is 401 g/mol. The zero-order valence-corrected chi connectivity index (χ0v) is 17.9.